The van der Waals surface area contributed by atoms with Crippen LogP contribution in [0.4, 0.5) is 0 Å². The Labute approximate surface area is 94.7 Å². The highest BCUT2D eigenvalue weighted by molar-refractivity contribution is 7.88. The zero-order chi connectivity index (χ0) is 11.8. The minimum atomic E-state index is -3.29. The molecule has 0 aliphatic carbocycles. The van der Waals surface area contributed by atoms with E-state index in [1.807, 2.05) is 0 Å². The third-order valence-electron chi connectivity index (χ3n) is 2.77. The van der Waals surface area contributed by atoms with Crippen LogP contribution in [0.5, 0.6) is 0 Å². The van der Waals surface area contributed by atoms with Gasteiger partial charge >= 0.3 is 0 Å². The third-order valence-corrected chi connectivity index (χ3v) is 4.06. The Morgan fingerprint density at radius 3 is 2.50 bits per heavy atom. The average Bonchev–Trinajstić information content (AvgIpc) is 2.87. The van der Waals surface area contributed by atoms with Crippen molar-refractivity contribution in [1.82, 2.24) is 8.87 Å². The molecule has 0 bridgehead atoms. The normalized spacial score (nSPS) is 22.4. The average molecular weight is 242 g/mol. The van der Waals surface area contributed by atoms with E-state index in [0.717, 1.165) is 12.7 Å². The second-order valence-electron chi connectivity index (χ2n) is 3.96. The zero-order valence-electron chi connectivity index (χ0n) is 9.04. The van der Waals surface area contributed by atoms with Gasteiger partial charge in [-0.25, -0.2) is 8.42 Å². The Morgan fingerprint density at radius 2 is 1.94 bits per heavy atom. The van der Waals surface area contributed by atoms with Gasteiger partial charge in [0.1, 0.15) is 6.04 Å². The molecule has 0 aromatic carbocycles. The van der Waals surface area contributed by atoms with Gasteiger partial charge in [-0.2, -0.15) is 4.31 Å². The fourth-order valence-electron chi connectivity index (χ4n) is 2.04. The van der Waals surface area contributed by atoms with Crippen LogP contribution in [0.15, 0.2) is 24.5 Å². The van der Waals surface area contributed by atoms with Crippen molar-refractivity contribution in [2.24, 2.45) is 0 Å². The molecule has 1 fully saturated rings. The fourth-order valence-corrected chi connectivity index (χ4v) is 3.16. The third kappa shape index (κ3) is 2.03. The van der Waals surface area contributed by atoms with Crippen molar-refractivity contribution in [3.8, 4) is 0 Å². The number of rotatable bonds is 2. The Kier molecular flexibility index (Phi) is 2.86. The predicted octanol–water partition coefficient (Wildman–Crippen LogP) is 0.552. The van der Waals surface area contributed by atoms with E-state index in [9.17, 15) is 13.2 Å². The number of carbonyl (C=O) groups is 1. The molecular weight excluding hydrogens is 228 g/mol. The van der Waals surface area contributed by atoms with Crippen molar-refractivity contribution in [2.45, 2.75) is 18.9 Å². The molecule has 1 saturated heterocycles. The minimum Gasteiger partial charge on any atom is -0.293 e. The highest BCUT2D eigenvalue weighted by Crippen LogP contribution is 2.21. The Hall–Kier alpha value is -1.14. The van der Waals surface area contributed by atoms with Crippen LogP contribution >= 0.6 is 0 Å². The van der Waals surface area contributed by atoms with E-state index in [4.69, 9.17) is 0 Å². The van der Waals surface area contributed by atoms with Gasteiger partial charge in [0.25, 0.3) is 0 Å². The van der Waals surface area contributed by atoms with E-state index < -0.39 is 16.1 Å². The minimum absolute atomic E-state index is 0.173. The summed E-state index contributed by atoms with van der Waals surface area (Å²) < 4.78 is 25.7. The van der Waals surface area contributed by atoms with Crippen molar-refractivity contribution in [2.75, 3.05) is 12.8 Å². The lowest BCUT2D eigenvalue weighted by molar-refractivity contribution is 0.0833. The van der Waals surface area contributed by atoms with E-state index in [1.165, 1.54) is 8.87 Å². The number of nitrogens with zero attached hydrogens (tertiary/aromatic N) is 2. The molecule has 0 spiro atoms. The summed E-state index contributed by atoms with van der Waals surface area (Å²) in [6.07, 6.45) is 5.77. The molecule has 6 heteroatoms. The quantitative estimate of drug-likeness (QED) is 0.761. The summed E-state index contributed by atoms with van der Waals surface area (Å²) in [4.78, 5) is 12.0. The number of hydrogen-bond donors (Lipinski definition) is 0. The van der Waals surface area contributed by atoms with E-state index in [2.05, 4.69) is 0 Å². The lowest BCUT2D eigenvalue weighted by atomic mass is 10.2. The topological polar surface area (TPSA) is 59.4 Å². The molecule has 88 valence electrons. The molecule has 2 rings (SSSR count). The van der Waals surface area contributed by atoms with Gasteiger partial charge in [-0.3, -0.25) is 9.36 Å². The molecule has 0 saturated carbocycles. The van der Waals surface area contributed by atoms with Gasteiger partial charge in [0.05, 0.1) is 6.26 Å². The maximum atomic E-state index is 12.0. The largest absolute Gasteiger partial charge is 0.293 e. The van der Waals surface area contributed by atoms with Crippen molar-refractivity contribution >= 4 is 15.9 Å². The first-order chi connectivity index (χ1) is 7.50. The van der Waals surface area contributed by atoms with Crippen LogP contribution in [0.25, 0.3) is 0 Å². The number of carbonyl (C=O) groups excluding carboxylic acids is 1. The van der Waals surface area contributed by atoms with Crippen LogP contribution in [-0.2, 0) is 10.0 Å². The van der Waals surface area contributed by atoms with E-state index in [0.29, 0.717) is 13.0 Å². The molecule has 16 heavy (non-hydrogen) atoms. The lowest BCUT2D eigenvalue weighted by Gasteiger charge is -2.20. The van der Waals surface area contributed by atoms with Crippen LogP contribution < -0.4 is 0 Å². The van der Waals surface area contributed by atoms with Gasteiger partial charge in [-0.15, -0.1) is 0 Å². The van der Waals surface area contributed by atoms with Gasteiger partial charge in [-0.1, -0.05) is 0 Å². The van der Waals surface area contributed by atoms with Crippen molar-refractivity contribution in [1.29, 1.82) is 0 Å². The molecule has 1 aromatic rings. The van der Waals surface area contributed by atoms with Crippen LogP contribution in [-0.4, -0.2) is 42.0 Å². The van der Waals surface area contributed by atoms with Crippen LogP contribution in [0, 0.1) is 0 Å². The second-order valence-corrected chi connectivity index (χ2v) is 5.90. The fraction of sp³-hybridized carbons (Fsp3) is 0.500. The first-order valence-electron chi connectivity index (χ1n) is 5.14. The molecule has 5 nitrogen and oxygen atoms in total. The van der Waals surface area contributed by atoms with Gasteiger partial charge in [0.15, 0.2) is 0 Å². The highest BCUT2D eigenvalue weighted by atomic mass is 32.2. The molecule has 0 radical (unpaired) electrons. The van der Waals surface area contributed by atoms with E-state index >= 15 is 0 Å². The lowest BCUT2D eigenvalue weighted by Crippen LogP contribution is -2.41. The highest BCUT2D eigenvalue weighted by Gasteiger charge is 2.36. The molecule has 0 amide bonds. The van der Waals surface area contributed by atoms with Crippen LogP contribution in [0.3, 0.4) is 0 Å². The monoisotopic (exact) mass is 242 g/mol. The smallest absolute Gasteiger partial charge is 0.249 e. The summed E-state index contributed by atoms with van der Waals surface area (Å²) in [5, 5.41) is 0. The van der Waals surface area contributed by atoms with Crippen LogP contribution in [0.2, 0.25) is 0 Å². The Balaban J connectivity index is 2.25. The van der Waals surface area contributed by atoms with Gasteiger partial charge in [0.2, 0.25) is 15.9 Å². The van der Waals surface area contributed by atoms with E-state index in [1.54, 1.807) is 24.5 Å². The first-order valence-corrected chi connectivity index (χ1v) is 6.99. The molecule has 0 N–H and O–H groups in total. The van der Waals surface area contributed by atoms with Crippen LogP contribution in [0.1, 0.15) is 17.6 Å². The standard InChI is InChI=1S/C10H14N2O3S/c1-16(14,15)12-8-4-5-9(12)10(13)11-6-2-3-7-11/h2-3,6-7,9H,4-5,8H2,1H3/t9-/m1/s1. The number of sulfonamides is 1. The predicted molar refractivity (Wildman–Crippen MR) is 59.6 cm³/mol. The summed E-state index contributed by atoms with van der Waals surface area (Å²) in [5.41, 5.74) is 0. The van der Waals surface area contributed by atoms with Crippen molar-refractivity contribution in [3.63, 3.8) is 0 Å². The molecule has 1 aliphatic heterocycles. The SMILES string of the molecule is CS(=O)(=O)N1CCC[C@@H]1C(=O)n1cccc1. The summed E-state index contributed by atoms with van der Waals surface area (Å²) in [5.74, 6) is -0.173. The molecular formula is C10H14N2O3S. The van der Waals surface area contributed by atoms with E-state index in [-0.39, 0.29) is 5.91 Å². The van der Waals surface area contributed by atoms with Gasteiger partial charge in [-0.05, 0) is 25.0 Å². The summed E-state index contributed by atoms with van der Waals surface area (Å²) >= 11 is 0. The maximum Gasteiger partial charge on any atom is 0.249 e. The zero-order valence-corrected chi connectivity index (χ0v) is 9.85. The molecule has 2 heterocycles. The summed E-state index contributed by atoms with van der Waals surface area (Å²) in [7, 11) is -3.29. The molecule has 1 atom stereocenters. The first kappa shape index (κ1) is 11.3. The second kappa shape index (κ2) is 4.03. The molecule has 1 aliphatic rings. The summed E-state index contributed by atoms with van der Waals surface area (Å²) in [6, 6.07) is 2.96. The molecule has 1 aromatic heterocycles. The number of aromatic nitrogens is 1. The Bertz CT molecular complexity index is 478. The Morgan fingerprint density at radius 1 is 1.31 bits per heavy atom. The summed E-state index contributed by atoms with van der Waals surface area (Å²) in [6.45, 7) is 0.441. The van der Waals surface area contributed by atoms with Crippen molar-refractivity contribution in [3.05, 3.63) is 24.5 Å². The van der Waals surface area contributed by atoms with Gasteiger partial charge in [0, 0.05) is 18.9 Å². The van der Waals surface area contributed by atoms with Gasteiger partial charge < -0.3 is 0 Å². The van der Waals surface area contributed by atoms with Crippen molar-refractivity contribution < 1.29 is 13.2 Å². The number of hydrogen-bond acceptors (Lipinski definition) is 3. The maximum absolute atomic E-state index is 12.0. The molecule has 0 unspecified atom stereocenters.